The van der Waals surface area contributed by atoms with Gasteiger partial charge in [0.25, 0.3) is 5.91 Å². The first-order chi connectivity index (χ1) is 14.3. The average Bonchev–Trinajstić information content (AvgIpc) is 2.70. The summed E-state index contributed by atoms with van der Waals surface area (Å²) in [4.78, 5) is 38.6. The van der Waals surface area contributed by atoms with Crippen molar-refractivity contribution in [3.05, 3.63) is 70.7 Å². The minimum atomic E-state index is -0.827. The normalized spacial score (nSPS) is 11.6. The van der Waals surface area contributed by atoms with Gasteiger partial charge in [-0.2, -0.15) is 0 Å². The van der Waals surface area contributed by atoms with Crippen molar-refractivity contribution in [2.24, 2.45) is 5.92 Å². The maximum Gasteiger partial charge on any atom is 0.329 e. The number of hydrogen-bond acceptors (Lipinski definition) is 4. The molecule has 2 aromatic carbocycles. The molecule has 0 unspecified atom stereocenters. The summed E-state index contributed by atoms with van der Waals surface area (Å²) in [5.41, 5.74) is 1.72. The zero-order chi connectivity index (χ0) is 22.1. The first-order valence-electron chi connectivity index (χ1n) is 9.74. The van der Waals surface area contributed by atoms with Crippen LogP contribution in [0.4, 0.5) is 0 Å². The summed E-state index contributed by atoms with van der Waals surface area (Å²) in [5, 5.41) is 3.30. The van der Waals surface area contributed by atoms with E-state index in [0.717, 1.165) is 11.1 Å². The van der Waals surface area contributed by atoms with E-state index in [-0.39, 0.29) is 24.2 Å². The molecule has 30 heavy (non-hydrogen) atoms. The van der Waals surface area contributed by atoms with Crippen LogP contribution < -0.4 is 5.32 Å². The number of ether oxygens (including phenoxy) is 1. The van der Waals surface area contributed by atoms with Gasteiger partial charge < -0.3 is 15.0 Å². The topological polar surface area (TPSA) is 75.7 Å². The molecule has 0 aromatic heterocycles. The van der Waals surface area contributed by atoms with Crippen molar-refractivity contribution in [1.29, 1.82) is 0 Å². The molecule has 0 aliphatic heterocycles. The lowest BCUT2D eigenvalue weighted by Gasteiger charge is -2.22. The standard InChI is InChI=1S/C23H27ClN2O4/c1-16(2)22(25-20(27)13-17-8-5-4-6-9-17)23(29)30-15-21(28)26(3)14-18-10-7-11-19(24)12-18/h4-12,16,22H,13-15H2,1-3H3,(H,25,27)/t22-/m0/s1. The minimum Gasteiger partial charge on any atom is -0.454 e. The average molecular weight is 431 g/mol. The summed E-state index contributed by atoms with van der Waals surface area (Å²) in [6.07, 6.45) is 0.165. The second-order valence-corrected chi connectivity index (χ2v) is 7.88. The van der Waals surface area contributed by atoms with Gasteiger partial charge in [0.1, 0.15) is 6.04 Å². The van der Waals surface area contributed by atoms with Crippen LogP contribution >= 0.6 is 11.6 Å². The maximum absolute atomic E-state index is 12.5. The van der Waals surface area contributed by atoms with E-state index in [4.69, 9.17) is 16.3 Å². The summed E-state index contributed by atoms with van der Waals surface area (Å²) in [7, 11) is 1.62. The molecular weight excluding hydrogens is 404 g/mol. The second-order valence-electron chi connectivity index (χ2n) is 7.44. The van der Waals surface area contributed by atoms with Gasteiger partial charge >= 0.3 is 5.97 Å². The molecule has 0 aliphatic rings. The van der Waals surface area contributed by atoms with E-state index in [1.54, 1.807) is 25.2 Å². The van der Waals surface area contributed by atoms with Crippen LogP contribution in [-0.2, 0) is 32.1 Å². The van der Waals surface area contributed by atoms with Crippen molar-refractivity contribution < 1.29 is 19.1 Å². The fourth-order valence-electron chi connectivity index (χ4n) is 2.83. The largest absolute Gasteiger partial charge is 0.454 e. The molecule has 0 saturated carbocycles. The third-order valence-corrected chi connectivity index (χ3v) is 4.75. The molecule has 7 heteroatoms. The minimum absolute atomic E-state index is 0.165. The van der Waals surface area contributed by atoms with E-state index < -0.39 is 18.6 Å². The fourth-order valence-corrected chi connectivity index (χ4v) is 3.05. The Bertz CT molecular complexity index is 871. The van der Waals surface area contributed by atoms with Crippen molar-refractivity contribution >= 4 is 29.4 Å². The highest BCUT2D eigenvalue weighted by atomic mass is 35.5. The number of amides is 2. The van der Waals surface area contributed by atoms with Crippen LogP contribution in [0.25, 0.3) is 0 Å². The molecule has 0 spiro atoms. The number of carbonyl (C=O) groups is 3. The molecule has 2 aromatic rings. The molecule has 2 rings (SSSR count). The Hall–Kier alpha value is -2.86. The van der Waals surface area contributed by atoms with Crippen molar-refractivity contribution in [3.8, 4) is 0 Å². The molecule has 0 heterocycles. The Kier molecular flexibility index (Phi) is 8.87. The van der Waals surface area contributed by atoms with E-state index in [2.05, 4.69) is 5.32 Å². The number of likely N-dealkylation sites (N-methyl/N-ethyl adjacent to an activating group) is 1. The molecule has 0 radical (unpaired) electrons. The lowest BCUT2D eigenvalue weighted by Crippen LogP contribution is -2.46. The van der Waals surface area contributed by atoms with Gasteiger partial charge in [0.2, 0.25) is 5.91 Å². The highest BCUT2D eigenvalue weighted by Gasteiger charge is 2.26. The van der Waals surface area contributed by atoms with Crippen LogP contribution in [0.5, 0.6) is 0 Å². The van der Waals surface area contributed by atoms with Gasteiger partial charge in [-0.1, -0.05) is 67.9 Å². The number of carbonyl (C=O) groups excluding carboxylic acids is 3. The van der Waals surface area contributed by atoms with Gasteiger partial charge in [0.15, 0.2) is 6.61 Å². The van der Waals surface area contributed by atoms with Gasteiger partial charge in [-0.25, -0.2) is 4.79 Å². The zero-order valence-electron chi connectivity index (χ0n) is 17.4. The number of hydrogen-bond donors (Lipinski definition) is 1. The van der Waals surface area contributed by atoms with Crippen molar-refractivity contribution in [2.75, 3.05) is 13.7 Å². The molecular formula is C23H27ClN2O4. The molecule has 1 N–H and O–H groups in total. The summed E-state index contributed by atoms with van der Waals surface area (Å²) < 4.78 is 5.19. The van der Waals surface area contributed by atoms with Gasteiger partial charge in [-0.15, -0.1) is 0 Å². The summed E-state index contributed by atoms with van der Waals surface area (Å²) >= 11 is 5.96. The Labute approximate surface area is 182 Å². The van der Waals surface area contributed by atoms with Crippen LogP contribution in [0, 0.1) is 5.92 Å². The van der Waals surface area contributed by atoms with E-state index in [9.17, 15) is 14.4 Å². The third-order valence-electron chi connectivity index (χ3n) is 4.52. The lowest BCUT2D eigenvalue weighted by atomic mass is 10.0. The zero-order valence-corrected chi connectivity index (χ0v) is 18.2. The fraction of sp³-hybridized carbons (Fsp3) is 0.348. The Morgan fingerprint density at radius 2 is 1.70 bits per heavy atom. The molecule has 6 nitrogen and oxygen atoms in total. The number of nitrogens with one attached hydrogen (secondary N) is 1. The highest BCUT2D eigenvalue weighted by Crippen LogP contribution is 2.12. The maximum atomic E-state index is 12.5. The van der Waals surface area contributed by atoms with Crippen molar-refractivity contribution in [3.63, 3.8) is 0 Å². The van der Waals surface area contributed by atoms with E-state index in [0.29, 0.717) is 11.6 Å². The predicted molar refractivity (Wildman–Crippen MR) is 116 cm³/mol. The van der Waals surface area contributed by atoms with Crippen molar-refractivity contribution in [2.45, 2.75) is 32.9 Å². The Balaban J connectivity index is 1.86. The smallest absolute Gasteiger partial charge is 0.329 e. The second kappa shape index (κ2) is 11.4. The van der Waals surface area contributed by atoms with Crippen LogP contribution in [0.3, 0.4) is 0 Å². The lowest BCUT2D eigenvalue weighted by molar-refractivity contribution is -0.155. The van der Waals surface area contributed by atoms with Crippen LogP contribution in [0.2, 0.25) is 5.02 Å². The Morgan fingerprint density at radius 3 is 2.33 bits per heavy atom. The summed E-state index contributed by atoms with van der Waals surface area (Å²) in [5.74, 6) is -1.44. The Morgan fingerprint density at radius 1 is 1.03 bits per heavy atom. The number of nitrogens with zero attached hydrogens (tertiary/aromatic N) is 1. The van der Waals surface area contributed by atoms with Crippen LogP contribution in [0.15, 0.2) is 54.6 Å². The molecule has 0 saturated heterocycles. The summed E-state index contributed by atoms with van der Waals surface area (Å²) in [6.45, 7) is 3.57. The van der Waals surface area contributed by atoms with Crippen LogP contribution in [-0.4, -0.2) is 42.4 Å². The number of benzene rings is 2. The van der Waals surface area contributed by atoms with Crippen molar-refractivity contribution in [1.82, 2.24) is 10.2 Å². The molecule has 2 amide bonds. The monoisotopic (exact) mass is 430 g/mol. The van der Waals surface area contributed by atoms with E-state index in [1.807, 2.05) is 50.2 Å². The van der Waals surface area contributed by atoms with Gasteiger partial charge in [0.05, 0.1) is 6.42 Å². The van der Waals surface area contributed by atoms with Gasteiger partial charge in [-0.3, -0.25) is 9.59 Å². The molecule has 0 fully saturated rings. The summed E-state index contributed by atoms with van der Waals surface area (Å²) in [6, 6.07) is 15.6. The number of rotatable bonds is 9. The number of halogens is 1. The SMILES string of the molecule is CC(C)[C@H](NC(=O)Cc1ccccc1)C(=O)OCC(=O)N(C)Cc1cccc(Cl)c1. The predicted octanol–water partition coefficient (Wildman–Crippen LogP) is 3.23. The molecule has 0 bridgehead atoms. The first-order valence-corrected chi connectivity index (χ1v) is 10.1. The first kappa shape index (κ1) is 23.4. The third kappa shape index (κ3) is 7.52. The quantitative estimate of drug-likeness (QED) is 0.620. The number of esters is 1. The highest BCUT2D eigenvalue weighted by molar-refractivity contribution is 6.30. The molecule has 1 atom stereocenters. The van der Waals surface area contributed by atoms with E-state index >= 15 is 0 Å². The van der Waals surface area contributed by atoms with Crippen LogP contribution in [0.1, 0.15) is 25.0 Å². The van der Waals surface area contributed by atoms with Gasteiger partial charge in [-0.05, 0) is 29.2 Å². The molecule has 160 valence electrons. The van der Waals surface area contributed by atoms with Gasteiger partial charge in [0, 0.05) is 18.6 Å². The van der Waals surface area contributed by atoms with E-state index in [1.165, 1.54) is 4.90 Å². The molecule has 0 aliphatic carbocycles.